The molecule has 0 heterocycles. The van der Waals surface area contributed by atoms with Crippen LogP contribution in [0.5, 0.6) is 0 Å². The molecule has 4 nitrogen and oxygen atoms in total. The lowest BCUT2D eigenvalue weighted by atomic mass is 10.1. The van der Waals surface area contributed by atoms with Gasteiger partial charge in [-0.2, -0.15) is 0 Å². The van der Waals surface area contributed by atoms with Crippen molar-refractivity contribution in [3.8, 4) is 0 Å². The maximum Gasteiger partial charge on any atom is 0.242 e. The van der Waals surface area contributed by atoms with Crippen LogP contribution in [0.2, 0.25) is 0 Å². The molecule has 0 spiro atoms. The molecule has 2 aromatic rings. The first-order valence-corrected chi connectivity index (χ1v) is 9.70. The van der Waals surface area contributed by atoms with Crippen LogP contribution in [0.3, 0.4) is 0 Å². The molecule has 0 bridgehead atoms. The number of aryl methyl sites for hydroxylation is 1. The quantitative estimate of drug-likeness (QED) is 0.748. The molecule has 1 N–H and O–H groups in total. The van der Waals surface area contributed by atoms with Gasteiger partial charge in [-0.1, -0.05) is 43.3 Å². The highest BCUT2D eigenvalue weighted by Crippen LogP contribution is 2.16. The maximum atomic E-state index is 13.2. The van der Waals surface area contributed by atoms with Crippen LogP contribution in [0.1, 0.15) is 43.9 Å². The van der Waals surface area contributed by atoms with Crippen LogP contribution in [0.25, 0.3) is 0 Å². The summed E-state index contributed by atoms with van der Waals surface area (Å²) < 4.78 is 13.2. The number of benzene rings is 2. The van der Waals surface area contributed by atoms with E-state index in [1.165, 1.54) is 12.1 Å². The molecule has 5 heteroatoms. The Morgan fingerprint density at radius 1 is 1.07 bits per heavy atom. The Labute approximate surface area is 166 Å². The van der Waals surface area contributed by atoms with E-state index in [9.17, 15) is 14.0 Å². The van der Waals surface area contributed by atoms with Crippen molar-refractivity contribution < 1.29 is 14.0 Å². The van der Waals surface area contributed by atoms with Crippen molar-refractivity contribution in [1.82, 2.24) is 10.2 Å². The standard InChI is InChI=1S/C23H29FN2O2/c1-5-17(3)25-23(28)18(4)26(15-20-9-7-6-8-16(20)2)22(27)14-19-10-12-21(24)13-11-19/h6-13,17-18H,5,14-15H2,1-4H3,(H,25,28)/t17-,18+/m0/s1. The monoisotopic (exact) mass is 384 g/mol. The third-order valence-corrected chi connectivity index (χ3v) is 5.04. The van der Waals surface area contributed by atoms with Crippen molar-refractivity contribution >= 4 is 11.8 Å². The van der Waals surface area contributed by atoms with Gasteiger partial charge in [0.2, 0.25) is 11.8 Å². The number of hydrogen-bond acceptors (Lipinski definition) is 2. The predicted molar refractivity (Wildman–Crippen MR) is 109 cm³/mol. The van der Waals surface area contributed by atoms with Crippen molar-refractivity contribution in [2.24, 2.45) is 0 Å². The highest BCUT2D eigenvalue weighted by atomic mass is 19.1. The Hall–Kier alpha value is -2.69. The SMILES string of the molecule is CC[C@H](C)NC(=O)[C@@H](C)N(Cc1ccccc1C)C(=O)Cc1ccc(F)cc1. The Kier molecular flexibility index (Phi) is 7.73. The first-order chi connectivity index (χ1) is 13.3. The summed E-state index contributed by atoms with van der Waals surface area (Å²) in [5.41, 5.74) is 2.78. The van der Waals surface area contributed by atoms with E-state index >= 15 is 0 Å². The van der Waals surface area contributed by atoms with Crippen LogP contribution in [0.15, 0.2) is 48.5 Å². The van der Waals surface area contributed by atoms with Crippen LogP contribution in [-0.2, 0) is 22.6 Å². The molecule has 2 atom stereocenters. The molecule has 2 amide bonds. The van der Waals surface area contributed by atoms with E-state index < -0.39 is 6.04 Å². The average molecular weight is 384 g/mol. The van der Waals surface area contributed by atoms with E-state index in [-0.39, 0.29) is 30.1 Å². The van der Waals surface area contributed by atoms with Gasteiger partial charge in [-0.05, 0) is 56.0 Å². The number of halogens is 1. The second-order valence-corrected chi connectivity index (χ2v) is 7.25. The second kappa shape index (κ2) is 10.0. The number of hydrogen-bond donors (Lipinski definition) is 1. The molecule has 2 aromatic carbocycles. The van der Waals surface area contributed by atoms with Crippen molar-refractivity contribution in [3.63, 3.8) is 0 Å². The van der Waals surface area contributed by atoms with Gasteiger partial charge in [-0.3, -0.25) is 9.59 Å². The summed E-state index contributed by atoms with van der Waals surface area (Å²) >= 11 is 0. The van der Waals surface area contributed by atoms with Crippen LogP contribution >= 0.6 is 0 Å². The lowest BCUT2D eigenvalue weighted by molar-refractivity contribution is -0.140. The van der Waals surface area contributed by atoms with Crippen molar-refractivity contribution in [3.05, 3.63) is 71.0 Å². The number of nitrogens with one attached hydrogen (secondary N) is 1. The van der Waals surface area contributed by atoms with E-state index in [0.717, 1.165) is 23.1 Å². The van der Waals surface area contributed by atoms with Crippen LogP contribution in [0.4, 0.5) is 4.39 Å². The van der Waals surface area contributed by atoms with Gasteiger partial charge >= 0.3 is 0 Å². The Morgan fingerprint density at radius 3 is 2.32 bits per heavy atom. The molecule has 0 aromatic heterocycles. The van der Waals surface area contributed by atoms with E-state index in [2.05, 4.69) is 5.32 Å². The number of carbonyl (C=O) groups excluding carboxylic acids is 2. The van der Waals surface area contributed by atoms with Crippen LogP contribution in [-0.4, -0.2) is 28.8 Å². The third-order valence-electron chi connectivity index (χ3n) is 5.04. The zero-order chi connectivity index (χ0) is 20.7. The number of rotatable bonds is 8. The van der Waals surface area contributed by atoms with Gasteiger partial charge in [0.25, 0.3) is 0 Å². The smallest absolute Gasteiger partial charge is 0.242 e. The third kappa shape index (κ3) is 5.91. The highest BCUT2D eigenvalue weighted by Gasteiger charge is 2.27. The van der Waals surface area contributed by atoms with Gasteiger partial charge in [0.15, 0.2) is 0 Å². The summed E-state index contributed by atoms with van der Waals surface area (Å²) in [5, 5.41) is 2.95. The topological polar surface area (TPSA) is 49.4 Å². The molecule has 0 unspecified atom stereocenters. The molecule has 0 saturated heterocycles. The maximum absolute atomic E-state index is 13.2. The summed E-state index contributed by atoms with van der Waals surface area (Å²) in [6, 6.07) is 13.1. The molecule has 0 aliphatic heterocycles. The molecule has 0 radical (unpaired) electrons. The Bertz CT molecular complexity index is 805. The number of amides is 2. The summed E-state index contributed by atoms with van der Waals surface area (Å²) in [6.07, 6.45) is 0.937. The van der Waals surface area contributed by atoms with Crippen molar-refractivity contribution in [2.45, 2.75) is 59.2 Å². The van der Waals surface area contributed by atoms with Gasteiger partial charge in [0, 0.05) is 12.6 Å². The minimum atomic E-state index is -0.610. The van der Waals surface area contributed by atoms with Gasteiger partial charge in [-0.15, -0.1) is 0 Å². The van der Waals surface area contributed by atoms with E-state index in [1.807, 2.05) is 45.0 Å². The minimum Gasteiger partial charge on any atom is -0.352 e. The summed E-state index contributed by atoms with van der Waals surface area (Å²) in [5.74, 6) is -0.675. The molecule has 0 aliphatic carbocycles. The fourth-order valence-electron chi connectivity index (χ4n) is 2.90. The Morgan fingerprint density at radius 2 is 1.71 bits per heavy atom. The average Bonchev–Trinajstić information content (AvgIpc) is 2.68. The fourth-order valence-corrected chi connectivity index (χ4v) is 2.90. The molecule has 28 heavy (non-hydrogen) atoms. The van der Waals surface area contributed by atoms with Gasteiger partial charge < -0.3 is 10.2 Å². The Balaban J connectivity index is 2.23. The van der Waals surface area contributed by atoms with E-state index in [1.54, 1.807) is 24.0 Å². The largest absolute Gasteiger partial charge is 0.352 e. The summed E-state index contributed by atoms with van der Waals surface area (Å²) in [7, 11) is 0. The molecular weight excluding hydrogens is 355 g/mol. The normalized spacial score (nSPS) is 12.9. The van der Waals surface area contributed by atoms with E-state index in [0.29, 0.717) is 6.54 Å². The minimum absolute atomic E-state index is 0.0439. The predicted octanol–water partition coefficient (Wildman–Crippen LogP) is 4.01. The fraction of sp³-hybridized carbons (Fsp3) is 0.391. The molecule has 0 fully saturated rings. The highest BCUT2D eigenvalue weighted by molar-refractivity contribution is 5.88. The second-order valence-electron chi connectivity index (χ2n) is 7.25. The van der Waals surface area contributed by atoms with Gasteiger partial charge in [-0.25, -0.2) is 4.39 Å². The van der Waals surface area contributed by atoms with Crippen LogP contribution < -0.4 is 5.32 Å². The van der Waals surface area contributed by atoms with Gasteiger partial charge in [0.1, 0.15) is 11.9 Å². The zero-order valence-corrected chi connectivity index (χ0v) is 17.0. The summed E-state index contributed by atoms with van der Waals surface area (Å²) in [6.45, 7) is 8.03. The van der Waals surface area contributed by atoms with Crippen LogP contribution in [0, 0.1) is 12.7 Å². The lowest BCUT2D eigenvalue weighted by Gasteiger charge is -2.30. The number of carbonyl (C=O) groups is 2. The molecule has 0 aliphatic rings. The van der Waals surface area contributed by atoms with Crippen molar-refractivity contribution in [2.75, 3.05) is 0 Å². The zero-order valence-electron chi connectivity index (χ0n) is 17.0. The lowest BCUT2D eigenvalue weighted by Crippen LogP contribution is -2.50. The molecular formula is C23H29FN2O2. The molecule has 2 rings (SSSR count). The number of nitrogens with zero attached hydrogens (tertiary/aromatic N) is 1. The first-order valence-electron chi connectivity index (χ1n) is 9.70. The van der Waals surface area contributed by atoms with E-state index in [4.69, 9.17) is 0 Å². The summed E-state index contributed by atoms with van der Waals surface area (Å²) in [4.78, 5) is 27.3. The first kappa shape index (κ1) is 21.6. The molecule has 150 valence electrons. The van der Waals surface area contributed by atoms with Gasteiger partial charge in [0.05, 0.1) is 6.42 Å². The molecule has 0 saturated carbocycles. The van der Waals surface area contributed by atoms with Crippen molar-refractivity contribution in [1.29, 1.82) is 0 Å².